The van der Waals surface area contributed by atoms with E-state index in [9.17, 15) is 9.59 Å². The highest BCUT2D eigenvalue weighted by Gasteiger charge is 2.20. The summed E-state index contributed by atoms with van der Waals surface area (Å²) in [6, 6.07) is 0. The smallest absolute Gasteiger partial charge is 0.233 e. The van der Waals surface area contributed by atoms with Crippen molar-refractivity contribution in [3.05, 3.63) is 0 Å². The Kier molecular flexibility index (Phi) is 9.81. The van der Waals surface area contributed by atoms with Gasteiger partial charge in [-0.3, -0.25) is 9.59 Å². The largest absolute Gasteiger partial charge is 0.355 e. The van der Waals surface area contributed by atoms with Crippen LogP contribution in [0.15, 0.2) is 8.68 Å². The zero-order valence-electron chi connectivity index (χ0n) is 15.7. The van der Waals surface area contributed by atoms with Crippen molar-refractivity contribution in [2.75, 3.05) is 13.1 Å². The van der Waals surface area contributed by atoms with Crippen molar-refractivity contribution >= 4 is 46.7 Å². The molecule has 6 nitrogen and oxygen atoms in total. The molecule has 142 valence electrons. The van der Waals surface area contributed by atoms with E-state index in [4.69, 9.17) is 0 Å². The lowest BCUT2D eigenvalue weighted by Crippen LogP contribution is -2.33. The number of hydrogen-bond acceptors (Lipinski definition) is 7. The second-order valence-corrected chi connectivity index (χ2v) is 10.8. The predicted octanol–water partition coefficient (Wildman–Crippen LogP) is 3.04. The Labute approximate surface area is 162 Å². The zero-order valence-corrected chi connectivity index (χ0v) is 18.1. The summed E-state index contributed by atoms with van der Waals surface area (Å²) in [6.07, 6.45) is 0. The van der Waals surface area contributed by atoms with Crippen LogP contribution >= 0.6 is 34.9 Å². The number of rotatable bonds is 10. The molecule has 0 aliphatic carbocycles. The standard InChI is InChI=1S/C16H28N4O2S3/c1-9(2)7-17-13(21)11(5)23-15-19-20-16(25-15)24-12(6)14(22)18-8-10(3)4/h9-12H,7-8H2,1-6H3,(H,17,21)(H,18,22). The van der Waals surface area contributed by atoms with Gasteiger partial charge in [0, 0.05) is 13.1 Å². The molecule has 1 heterocycles. The fraction of sp³-hybridized carbons (Fsp3) is 0.750. The van der Waals surface area contributed by atoms with Gasteiger partial charge in [0.15, 0.2) is 8.68 Å². The topological polar surface area (TPSA) is 84.0 Å². The van der Waals surface area contributed by atoms with Crippen molar-refractivity contribution < 1.29 is 9.59 Å². The molecule has 0 radical (unpaired) electrons. The van der Waals surface area contributed by atoms with Crippen LogP contribution in [0.4, 0.5) is 0 Å². The van der Waals surface area contributed by atoms with Crippen LogP contribution in [0, 0.1) is 11.8 Å². The molecule has 1 aromatic heterocycles. The Balaban J connectivity index is 2.47. The van der Waals surface area contributed by atoms with Gasteiger partial charge in [-0.1, -0.05) is 62.6 Å². The van der Waals surface area contributed by atoms with Crippen LogP contribution in [0.25, 0.3) is 0 Å². The number of amides is 2. The van der Waals surface area contributed by atoms with Crippen LogP contribution in [-0.4, -0.2) is 45.6 Å². The number of nitrogens with one attached hydrogen (secondary N) is 2. The lowest BCUT2D eigenvalue weighted by atomic mass is 10.2. The molecule has 0 spiro atoms. The summed E-state index contributed by atoms with van der Waals surface area (Å²) >= 11 is 4.20. The van der Waals surface area contributed by atoms with Crippen molar-refractivity contribution in [2.45, 2.75) is 60.7 Å². The molecule has 0 fully saturated rings. The third kappa shape index (κ3) is 8.91. The quantitative estimate of drug-likeness (QED) is 0.583. The number of aromatic nitrogens is 2. The highest BCUT2D eigenvalue weighted by atomic mass is 32.2. The summed E-state index contributed by atoms with van der Waals surface area (Å²) in [6.45, 7) is 13.3. The van der Waals surface area contributed by atoms with E-state index < -0.39 is 0 Å². The maximum atomic E-state index is 12.0. The zero-order chi connectivity index (χ0) is 19.0. The maximum Gasteiger partial charge on any atom is 0.233 e. The Hall–Kier alpha value is -0.800. The van der Waals surface area contributed by atoms with Crippen molar-refractivity contribution in [2.24, 2.45) is 11.8 Å². The van der Waals surface area contributed by atoms with E-state index in [1.165, 1.54) is 34.9 Å². The first-order chi connectivity index (χ1) is 11.7. The first-order valence-corrected chi connectivity index (χ1v) is 11.0. The molecular weight excluding hydrogens is 376 g/mol. The first-order valence-electron chi connectivity index (χ1n) is 8.41. The van der Waals surface area contributed by atoms with Gasteiger partial charge in [0.1, 0.15) is 0 Å². The fourth-order valence-electron chi connectivity index (χ4n) is 1.60. The fourth-order valence-corrected chi connectivity index (χ4v) is 4.96. The van der Waals surface area contributed by atoms with Crippen molar-refractivity contribution in [3.63, 3.8) is 0 Å². The van der Waals surface area contributed by atoms with E-state index in [0.29, 0.717) is 24.9 Å². The summed E-state index contributed by atoms with van der Waals surface area (Å²) in [5.74, 6) is 0.858. The second-order valence-electron chi connectivity index (χ2n) is 6.63. The van der Waals surface area contributed by atoms with Gasteiger partial charge in [0.05, 0.1) is 10.5 Å². The summed E-state index contributed by atoms with van der Waals surface area (Å²) < 4.78 is 1.48. The molecular formula is C16H28N4O2S3. The molecule has 1 rings (SSSR count). The normalized spacial score (nSPS) is 13.8. The molecule has 0 aliphatic rings. The highest BCUT2D eigenvalue weighted by Crippen LogP contribution is 2.33. The molecule has 1 aromatic rings. The van der Waals surface area contributed by atoms with Gasteiger partial charge in [-0.25, -0.2) is 0 Å². The number of hydrogen-bond donors (Lipinski definition) is 2. The summed E-state index contributed by atoms with van der Waals surface area (Å²) in [7, 11) is 0. The van der Waals surface area contributed by atoms with Gasteiger partial charge in [-0.15, -0.1) is 10.2 Å². The third-order valence-electron chi connectivity index (χ3n) is 3.05. The van der Waals surface area contributed by atoms with Gasteiger partial charge < -0.3 is 10.6 Å². The number of carbonyl (C=O) groups excluding carboxylic acids is 2. The molecule has 0 saturated carbocycles. The highest BCUT2D eigenvalue weighted by molar-refractivity contribution is 8.04. The lowest BCUT2D eigenvalue weighted by molar-refractivity contribution is -0.121. The Morgan fingerprint density at radius 3 is 1.52 bits per heavy atom. The Bertz CT molecular complexity index is 517. The lowest BCUT2D eigenvalue weighted by Gasteiger charge is -2.12. The van der Waals surface area contributed by atoms with E-state index in [2.05, 4.69) is 48.5 Å². The first kappa shape index (κ1) is 22.2. The summed E-state index contributed by atoms with van der Waals surface area (Å²) in [5, 5.41) is 13.6. The van der Waals surface area contributed by atoms with E-state index >= 15 is 0 Å². The molecule has 0 aliphatic heterocycles. The minimum absolute atomic E-state index is 0.00420. The number of thioether (sulfide) groups is 2. The van der Waals surface area contributed by atoms with Gasteiger partial charge in [0.2, 0.25) is 11.8 Å². The van der Waals surface area contributed by atoms with Crippen molar-refractivity contribution in [1.29, 1.82) is 0 Å². The van der Waals surface area contributed by atoms with Crippen LogP contribution in [-0.2, 0) is 9.59 Å². The summed E-state index contributed by atoms with van der Waals surface area (Å²) in [4.78, 5) is 24.0. The molecule has 2 N–H and O–H groups in total. The average Bonchev–Trinajstić information content (AvgIpc) is 2.96. The number of carbonyl (C=O) groups is 2. The molecule has 0 bridgehead atoms. The van der Waals surface area contributed by atoms with Gasteiger partial charge in [-0.2, -0.15) is 0 Å². The Morgan fingerprint density at radius 1 is 0.840 bits per heavy atom. The van der Waals surface area contributed by atoms with Crippen LogP contribution in [0.2, 0.25) is 0 Å². The predicted molar refractivity (Wildman–Crippen MR) is 106 cm³/mol. The second kappa shape index (κ2) is 11.0. The molecule has 2 atom stereocenters. The minimum atomic E-state index is -0.226. The molecule has 2 unspecified atom stereocenters. The maximum absolute atomic E-state index is 12.0. The van der Waals surface area contributed by atoms with Gasteiger partial charge >= 0.3 is 0 Å². The SMILES string of the molecule is CC(C)CNC(=O)C(C)Sc1nnc(SC(C)C(=O)NCC(C)C)s1. The van der Waals surface area contributed by atoms with E-state index in [0.717, 1.165) is 8.68 Å². The van der Waals surface area contributed by atoms with Crippen LogP contribution in [0.3, 0.4) is 0 Å². The van der Waals surface area contributed by atoms with Crippen LogP contribution in [0.1, 0.15) is 41.5 Å². The average molecular weight is 405 g/mol. The molecule has 9 heteroatoms. The van der Waals surface area contributed by atoms with E-state index in [1.54, 1.807) is 0 Å². The van der Waals surface area contributed by atoms with E-state index in [1.807, 2.05) is 13.8 Å². The van der Waals surface area contributed by atoms with Crippen molar-refractivity contribution in [1.82, 2.24) is 20.8 Å². The minimum Gasteiger partial charge on any atom is -0.355 e. The third-order valence-corrected chi connectivity index (χ3v) is 6.34. The molecule has 25 heavy (non-hydrogen) atoms. The van der Waals surface area contributed by atoms with Crippen LogP contribution in [0.5, 0.6) is 0 Å². The van der Waals surface area contributed by atoms with Gasteiger partial charge in [-0.05, 0) is 25.7 Å². The van der Waals surface area contributed by atoms with E-state index in [-0.39, 0.29) is 22.3 Å². The molecule has 2 amide bonds. The van der Waals surface area contributed by atoms with Gasteiger partial charge in [0.25, 0.3) is 0 Å². The van der Waals surface area contributed by atoms with Crippen LogP contribution < -0.4 is 10.6 Å². The molecule has 0 saturated heterocycles. The summed E-state index contributed by atoms with van der Waals surface area (Å²) in [5.41, 5.74) is 0. The monoisotopic (exact) mass is 404 g/mol. The molecule has 0 aromatic carbocycles. The van der Waals surface area contributed by atoms with Crippen molar-refractivity contribution in [3.8, 4) is 0 Å². The number of nitrogens with zero attached hydrogens (tertiary/aromatic N) is 2. The Morgan fingerprint density at radius 2 is 1.20 bits per heavy atom.